The first-order valence-electron chi connectivity index (χ1n) is 11.2. The molecule has 0 radical (unpaired) electrons. The molecule has 1 aromatic rings. The van der Waals surface area contributed by atoms with E-state index in [9.17, 15) is 8.78 Å². The lowest BCUT2D eigenvalue weighted by molar-refractivity contribution is 0.301. The van der Waals surface area contributed by atoms with Crippen LogP contribution in [0.1, 0.15) is 108 Å². The van der Waals surface area contributed by atoms with Gasteiger partial charge in [-0.25, -0.2) is 4.39 Å². The Labute approximate surface area is 164 Å². The van der Waals surface area contributed by atoms with Crippen molar-refractivity contribution in [3.05, 3.63) is 28.8 Å². The van der Waals surface area contributed by atoms with E-state index in [0.717, 1.165) is 37.2 Å². The lowest BCUT2D eigenvalue weighted by atomic mass is 9.75. The molecular formula is C24H38F2O. The molecule has 0 bridgehead atoms. The molecule has 1 fully saturated rings. The Bertz CT molecular complexity index is 562. The van der Waals surface area contributed by atoms with Crippen LogP contribution in [0.4, 0.5) is 8.78 Å². The van der Waals surface area contributed by atoms with Crippen LogP contribution in [0.2, 0.25) is 0 Å². The summed E-state index contributed by atoms with van der Waals surface area (Å²) in [5.41, 5.74) is 1.62. The van der Waals surface area contributed by atoms with Crippen LogP contribution in [-0.2, 0) is 6.42 Å². The second-order valence-electron chi connectivity index (χ2n) is 8.30. The fourth-order valence-corrected chi connectivity index (χ4v) is 4.59. The van der Waals surface area contributed by atoms with E-state index < -0.39 is 11.6 Å². The highest BCUT2D eigenvalue weighted by Gasteiger charge is 2.27. The Hall–Kier alpha value is -1.12. The molecule has 0 spiro atoms. The highest BCUT2D eigenvalue weighted by atomic mass is 19.2. The van der Waals surface area contributed by atoms with Crippen molar-refractivity contribution in [2.24, 2.45) is 5.92 Å². The highest BCUT2D eigenvalue weighted by molar-refractivity contribution is 5.41. The summed E-state index contributed by atoms with van der Waals surface area (Å²) in [4.78, 5) is 0. The minimum atomic E-state index is -0.818. The maximum absolute atomic E-state index is 14.8. The van der Waals surface area contributed by atoms with Crippen molar-refractivity contribution in [3.63, 3.8) is 0 Å². The second-order valence-corrected chi connectivity index (χ2v) is 8.30. The number of methoxy groups -OCH3 is 1. The molecule has 0 amide bonds. The average Bonchev–Trinajstić information content (AvgIpc) is 2.70. The van der Waals surface area contributed by atoms with Gasteiger partial charge in [0.1, 0.15) is 0 Å². The Morgan fingerprint density at radius 3 is 2.19 bits per heavy atom. The van der Waals surface area contributed by atoms with Gasteiger partial charge in [-0.05, 0) is 67.6 Å². The second kappa shape index (κ2) is 11.7. The molecule has 154 valence electrons. The molecule has 3 heteroatoms. The predicted octanol–water partition coefficient (Wildman–Crippen LogP) is 7.95. The Kier molecular flexibility index (Phi) is 9.58. The third-order valence-corrected chi connectivity index (χ3v) is 6.31. The summed E-state index contributed by atoms with van der Waals surface area (Å²) in [6.07, 6.45) is 14.7. The Balaban J connectivity index is 2.12. The van der Waals surface area contributed by atoms with Crippen molar-refractivity contribution in [3.8, 4) is 5.75 Å². The third-order valence-electron chi connectivity index (χ3n) is 6.31. The fraction of sp³-hybridized carbons (Fsp3) is 0.750. The summed E-state index contributed by atoms with van der Waals surface area (Å²) in [6.45, 7) is 4.43. The molecule has 0 aromatic heterocycles. The van der Waals surface area contributed by atoms with Gasteiger partial charge < -0.3 is 4.74 Å². The van der Waals surface area contributed by atoms with Crippen LogP contribution in [0, 0.1) is 17.6 Å². The number of unbranched alkanes of at least 4 members (excludes halogenated alkanes) is 5. The minimum Gasteiger partial charge on any atom is -0.494 e. The van der Waals surface area contributed by atoms with Crippen LogP contribution in [-0.4, -0.2) is 7.11 Å². The summed E-state index contributed by atoms with van der Waals surface area (Å²) in [5, 5.41) is 0. The topological polar surface area (TPSA) is 9.23 Å². The zero-order chi connectivity index (χ0) is 19.6. The molecule has 1 saturated carbocycles. The maximum Gasteiger partial charge on any atom is 0.200 e. The van der Waals surface area contributed by atoms with E-state index in [4.69, 9.17) is 4.74 Å². The number of hydrogen-bond acceptors (Lipinski definition) is 1. The smallest absolute Gasteiger partial charge is 0.200 e. The fourth-order valence-electron chi connectivity index (χ4n) is 4.59. The van der Waals surface area contributed by atoms with E-state index in [0.29, 0.717) is 17.9 Å². The van der Waals surface area contributed by atoms with Crippen LogP contribution < -0.4 is 4.74 Å². The number of benzene rings is 1. The van der Waals surface area contributed by atoms with E-state index in [-0.39, 0.29) is 5.75 Å². The Morgan fingerprint density at radius 1 is 0.889 bits per heavy atom. The quantitative estimate of drug-likeness (QED) is 0.354. The van der Waals surface area contributed by atoms with E-state index >= 15 is 0 Å². The summed E-state index contributed by atoms with van der Waals surface area (Å²) in [7, 11) is 1.42. The van der Waals surface area contributed by atoms with Crippen LogP contribution in [0.25, 0.3) is 0 Å². The van der Waals surface area contributed by atoms with Gasteiger partial charge in [0.15, 0.2) is 11.6 Å². The molecule has 0 heterocycles. The first-order chi connectivity index (χ1) is 13.1. The molecule has 0 aliphatic heterocycles. The lowest BCUT2D eigenvalue weighted by Gasteiger charge is -2.30. The predicted molar refractivity (Wildman–Crippen MR) is 110 cm³/mol. The molecule has 0 N–H and O–H groups in total. The van der Waals surface area contributed by atoms with Crippen molar-refractivity contribution in [1.82, 2.24) is 0 Å². The van der Waals surface area contributed by atoms with Gasteiger partial charge in [0, 0.05) is 0 Å². The molecule has 1 aliphatic carbocycles. The first kappa shape index (κ1) is 22.2. The SMILES string of the molecule is CCCCCCCc1c(C2CCC(CCCC)CC2)cc(OC)c(F)c1F. The molecule has 1 aromatic carbocycles. The minimum absolute atomic E-state index is 0.0605. The van der Waals surface area contributed by atoms with Gasteiger partial charge in [-0.1, -0.05) is 58.8 Å². The monoisotopic (exact) mass is 380 g/mol. The van der Waals surface area contributed by atoms with E-state index in [1.165, 1.54) is 58.5 Å². The normalized spacial score (nSPS) is 20.0. The molecular weight excluding hydrogens is 342 g/mol. The van der Waals surface area contributed by atoms with Gasteiger partial charge in [-0.3, -0.25) is 0 Å². The van der Waals surface area contributed by atoms with Gasteiger partial charge >= 0.3 is 0 Å². The van der Waals surface area contributed by atoms with Gasteiger partial charge in [0.05, 0.1) is 7.11 Å². The van der Waals surface area contributed by atoms with Gasteiger partial charge in [-0.2, -0.15) is 4.39 Å². The van der Waals surface area contributed by atoms with Crippen molar-refractivity contribution in [1.29, 1.82) is 0 Å². The summed E-state index contributed by atoms with van der Waals surface area (Å²) in [5.74, 6) is -0.275. The molecule has 1 aliphatic rings. The number of halogens is 2. The number of ether oxygens (including phenoxy) is 1. The number of hydrogen-bond donors (Lipinski definition) is 0. The van der Waals surface area contributed by atoms with Crippen LogP contribution in [0.15, 0.2) is 6.07 Å². The first-order valence-corrected chi connectivity index (χ1v) is 11.2. The standard InChI is InChI=1S/C24H38F2O/c1-4-6-8-9-10-12-20-21(17-22(27-3)24(26)23(20)25)19-15-13-18(14-16-19)11-7-5-2/h17-19H,4-16H2,1-3H3. The summed E-state index contributed by atoms with van der Waals surface area (Å²) >= 11 is 0. The third kappa shape index (κ3) is 6.19. The van der Waals surface area contributed by atoms with Crippen LogP contribution in [0.3, 0.4) is 0 Å². The van der Waals surface area contributed by atoms with Gasteiger partial charge in [0.25, 0.3) is 0 Å². The average molecular weight is 381 g/mol. The zero-order valence-electron chi connectivity index (χ0n) is 17.6. The summed E-state index contributed by atoms with van der Waals surface area (Å²) < 4.78 is 34.3. The molecule has 1 nitrogen and oxygen atoms in total. The van der Waals surface area contributed by atoms with E-state index in [1.807, 2.05) is 0 Å². The zero-order valence-corrected chi connectivity index (χ0v) is 17.6. The van der Waals surface area contributed by atoms with Crippen LogP contribution >= 0.6 is 0 Å². The van der Waals surface area contributed by atoms with E-state index in [1.54, 1.807) is 6.07 Å². The molecule has 27 heavy (non-hydrogen) atoms. The van der Waals surface area contributed by atoms with E-state index in [2.05, 4.69) is 13.8 Å². The largest absolute Gasteiger partial charge is 0.494 e. The maximum atomic E-state index is 14.8. The molecule has 2 rings (SSSR count). The van der Waals surface area contributed by atoms with Crippen molar-refractivity contribution in [2.75, 3.05) is 7.11 Å². The molecule has 0 atom stereocenters. The van der Waals surface area contributed by atoms with Crippen molar-refractivity contribution >= 4 is 0 Å². The number of rotatable bonds is 11. The highest BCUT2D eigenvalue weighted by Crippen LogP contribution is 2.41. The molecule has 0 saturated heterocycles. The van der Waals surface area contributed by atoms with Gasteiger partial charge in [0.2, 0.25) is 5.82 Å². The Morgan fingerprint density at radius 2 is 1.56 bits per heavy atom. The molecule has 0 unspecified atom stereocenters. The van der Waals surface area contributed by atoms with Crippen molar-refractivity contribution < 1.29 is 13.5 Å². The summed E-state index contributed by atoms with van der Waals surface area (Å²) in [6, 6.07) is 1.79. The van der Waals surface area contributed by atoms with Crippen molar-refractivity contribution in [2.45, 2.75) is 103 Å². The lowest BCUT2D eigenvalue weighted by Crippen LogP contribution is -2.16. The van der Waals surface area contributed by atoms with Gasteiger partial charge in [-0.15, -0.1) is 0 Å². The van der Waals surface area contributed by atoms with Crippen LogP contribution in [0.5, 0.6) is 5.75 Å².